The number of sulfonamides is 1. The molecule has 8 heteroatoms. The van der Waals surface area contributed by atoms with Gasteiger partial charge in [-0.15, -0.1) is 0 Å². The molecule has 1 N–H and O–H groups in total. The van der Waals surface area contributed by atoms with E-state index in [1.165, 1.54) is 4.90 Å². The highest BCUT2D eigenvalue weighted by Gasteiger charge is 2.31. The van der Waals surface area contributed by atoms with Crippen LogP contribution in [0.15, 0.2) is 48.5 Å². The van der Waals surface area contributed by atoms with Crippen LogP contribution in [-0.2, 0) is 26.2 Å². The maximum atomic E-state index is 13.7. The summed E-state index contributed by atoms with van der Waals surface area (Å²) in [6.45, 7) is 10.4. The first-order valence-electron chi connectivity index (χ1n) is 12.7. The number of hydrogen-bond acceptors (Lipinski definition) is 4. The van der Waals surface area contributed by atoms with Gasteiger partial charge in [-0.2, -0.15) is 0 Å². The second-order valence-corrected chi connectivity index (χ2v) is 11.5. The molecule has 0 bridgehead atoms. The lowest BCUT2D eigenvalue weighted by Gasteiger charge is -2.33. The van der Waals surface area contributed by atoms with Crippen molar-refractivity contribution in [1.29, 1.82) is 0 Å². The molecule has 1 atom stereocenters. The molecule has 2 aromatic rings. The van der Waals surface area contributed by atoms with Crippen LogP contribution in [0.5, 0.6) is 0 Å². The second-order valence-electron chi connectivity index (χ2n) is 9.59. The number of benzene rings is 2. The number of carbonyl (C=O) groups excluding carboxylic acids is 2. The minimum atomic E-state index is -3.74. The van der Waals surface area contributed by atoms with Crippen molar-refractivity contribution in [3.8, 4) is 0 Å². The molecule has 7 nitrogen and oxygen atoms in total. The summed E-state index contributed by atoms with van der Waals surface area (Å²) in [6, 6.07) is 14.3. The molecule has 2 amide bonds. The number of nitrogens with zero attached hydrogens (tertiary/aromatic N) is 2. The van der Waals surface area contributed by atoms with E-state index in [9.17, 15) is 18.0 Å². The average molecular weight is 516 g/mol. The summed E-state index contributed by atoms with van der Waals surface area (Å²) in [6.07, 6.45) is 3.30. The van der Waals surface area contributed by atoms with Gasteiger partial charge in [0.15, 0.2) is 0 Å². The van der Waals surface area contributed by atoms with Crippen LogP contribution in [0.25, 0.3) is 0 Å². The quantitative estimate of drug-likeness (QED) is 0.395. The molecule has 0 heterocycles. The molecule has 0 fully saturated rings. The molecule has 36 heavy (non-hydrogen) atoms. The van der Waals surface area contributed by atoms with Gasteiger partial charge in [0.25, 0.3) is 0 Å². The van der Waals surface area contributed by atoms with Gasteiger partial charge in [0.2, 0.25) is 21.8 Å². The first-order chi connectivity index (χ1) is 17.0. The Bertz CT molecular complexity index is 1100. The van der Waals surface area contributed by atoms with E-state index in [1.54, 1.807) is 12.1 Å². The number of unbranched alkanes of at least 4 members (excludes halogenated alkanes) is 1. The van der Waals surface area contributed by atoms with Crippen LogP contribution in [0.3, 0.4) is 0 Å². The highest BCUT2D eigenvalue weighted by molar-refractivity contribution is 7.92. The van der Waals surface area contributed by atoms with Crippen LogP contribution in [0.1, 0.15) is 69.6 Å². The van der Waals surface area contributed by atoms with E-state index in [4.69, 9.17) is 0 Å². The average Bonchev–Trinajstić information content (AvgIpc) is 2.83. The number of nitrogens with one attached hydrogen (secondary N) is 1. The third-order valence-corrected chi connectivity index (χ3v) is 7.36. The van der Waals surface area contributed by atoms with Crippen molar-refractivity contribution >= 4 is 27.5 Å². The summed E-state index contributed by atoms with van der Waals surface area (Å²) < 4.78 is 26.6. The zero-order valence-corrected chi connectivity index (χ0v) is 23.3. The zero-order chi connectivity index (χ0) is 26.9. The fraction of sp³-hybridized carbons (Fsp3) is 0.500. The predicted molar refractivity (Wildman–Crippen MR) is 146 cm³/mol. The Labute approximate surface area is 216 Å². The largest absolute Gasteiger partial charge is 0.354 e. The summed E-state index contributed by atoms with van der Waals surface area (Å²) in [5.74, 6) is -0.348. The van der Waals surface area contributed by atoms with Crippen molar-refractivity contribution in [2.24, 2.45) is 0 Å². The molecule has 0 saturated carbocycles. The van der Waals surface area contributed by atoms with E-state index < -0.39 is 22.0 Å². The lowest BCUT2D eigenvalue weighted by atomic mass is 10.0. The number of amides is 2. The van der Waals surface area contributed by atoms with E-state index in [1.807, 2.05) is 57.2 Å². The molecule has 0 aliphatic carbocycles. The number of anilines is 1. The molecule has 0 aromatic heterocycles. The van der Waals surface area contributed by atoms with Crippen molar-refractivity contribution in [2.45, 2.75) is 72.4 Å². The van der Waals surface area contributed by atoms with Crippen LogP contribution in [0.4, 0.5) is 5.69 Å². The van der Waals surface area contributed by atoms with Crippen molar-refractivity contribution in [3.63, 3.8) is 0 Å². The summed E-state index contributed by atoms with van der Waals surface area (Å²) in [5.41, 5.74) is 3.47. The van der Waals surface area contributed by atoms with Crippen LogP contribution >= 0.6 is 0 Å². The molecule has 0 aliphatic heterocycles. The van der Waals surface area contributed by atoms with Gasteiger partial charge in [0, 0.05) is 13.1 Å². The summed E-state index contributed by atoms with van der Waals surface area (Å²) in [5, 5.41) is 2.93. The van der Waals surface area contributed by atoms with Crippen LogP contribution in [-0.4, -0.2) is 50.5 Å². The Hall–Kier alpha value is -2.87. The molecule has 198 valence electrons. The topological polar surface area (TPSA) is 86.8 Å². The van der Waals surface area contributed by atoms with Gasteiger partial charge in [0.05, 0.1) is 11.9 Å². The van der Waals surface area contributed by atoms with Crippen molar-refractivity contribution in [3.05, 3.63) is 65.2 Å². The molecule has 0 aliphatic rings. The lowest BCUT2D eigenvalue weighted by molar-refractivity contribution is -0.140. The maximum Gasteiger partial charge on any atom is 0.244 e. The van der Waals surface area contributed by atoms with Gasteiger partial charge in [-0.25, -0.2) is 8.42 Å². The Morgan fingerprint density at radius 2 is 1.58 bits per heavy atom. The van der Waals surface area contributed by atoms with E-state index >= 15 is 0 Å². The van der Waals surface area contributed by atoms with Crippen molar-refractivity contribution in [1.82, 2.24) is 10.2 Å². The number of carbonyl (C=O) groups is 2. The lowest BCUT2D eigenvalue weighted by Crippen LogP contribution is -2.52. The van der Waals surface area contributed by atoms with Crippen molar-refractivity contribution in [2.75, 3.05) is 23.7 Å². The van der Waals surface area contributed by atoms with Crippen LogP contribution in [0, 0.1) is 6.92 Å². The fourth-order valence-corrected chi connectivity index (χ4v) is 4.80. The Morgan fingerprint density at radius 3 is 2.08 bits per heavy atom. The Morgan fingerprint density at radius 1 is 0.972 bits per heavy atom. The molecule has 2 rings (SSSR count). The fourth-order valence-electron chi connectivity index (χ4n) is 3.96. The molecule has 0 radical (unpaired) electrons. The van der Waals surface area contributed by atoms with E-state index in [0.29, 0.717) is 24.6 Å². The normalized spacial score (nSPS) is 12.3. The second kappa shape index (κ2) is 13.4. The summed E-state index contributed by atoms with van der Waals surface area (Å²) in [4.78, 5) is 28.3. The third-order valence-electron chi connectivity index (χ3n) is 6.22. The minimum Gasteiger partial charge on any atom is -0.354 e. The number of hydrogen-bond donors (Lipinski definition) is 1. The monoisotopic (exact) mass is 515 g/mol. The van der Waals surface area contributed by atoms with Gasteiger partial charge in [-0.1, -0.05) is 76.1 Å². The standard InChI is InChI=1S/C28H41N3O4S/c1-7-9-18-29-28(33)26(8-2)30(19-23-12-10-22(5)11-13-23)27(32)20-31(36(6,34)35)25-16-14-24(15-17-25)21(3)4/h10-17,21,26H,7-9,18-20H2,1-6H3,(H,29,33)/t26-/m0/s1. The minimum absolute atomic E-state index is 0.211. The summed E-state index contributed by atoms with van der Waals surface area (Å²) >= 11 is 0. The van der Waals surface area contributed by atoms with E-state index in [-0.39, 0.29) is 19.0 Å². The molecule has 2 aromatic carbocycles. The molecular formula is C28H41N3O4S. The van der Waals surface area contributed by atoms with E-state index in [2.05, 4.69) is 19.2 Å². The Kier molecular flexibility index (Phi) is 11.0. The zero-order valence-electron chi connectivity index (χ0n) is 22.5. The smallest absolute Gasteiger partial charge is 0.244 e. The van der Waals surface area contributed by atoms with Gasteiger partial charge in [-0.3, -0.25) is 13.9 Å². The Balaban J connectivity index is 2.39. The predicted octanol–water partition coefficient (Wildman–Crippen LogP) is 4.61. The maximum absolute atomic E-state index is 13.7. The van der Waals surface area contributed by atoms with Gasteiger partial charge < -0.3 is 10.2 Å². The van der Waals surface area contributed by atoms with Gasteiger partial charge in [0.1, 0.15) is 12.6 Å². The number of rotatable bonds is 13. The highest BCUT2D eigenvalue weighted by Crippen LogP contribution is 2.23. The first kappa shape index (κ1) is 29.4. The molecular weight excluding hydrogens is 474 g/mol. The van der Waals surface area contributed by atoms with Crippen molar-refractivity contribution < 1.29 is 18.0 Å². The number of aryl methyl sites for hydroxylation is 1. The molecule has 0 spiro atoms. The summed E-state index contributed by atoms with van der Waals surface area (Å²) in [7, 11) is -3.74. The van der Waals surface area contributed by atoms with Crippen LogP contribution < -0.4 is 9.62 Å². The van der Waals surface area contributed by atoms with Gasteiger partial charge >= 0.3 is 0 Å². The highest BCUT2D eigenvalue weighted by atomic mass is 32.2. The third kappa shape index (κ3) is 8.36. The molecule has 0 unspecified atom stereocenters. The van der Waals surface area contributed by atoms with Gasteiger partial charge in [-0.05, 0) is 48.9 Å². The first-order valence-corrected chi connectivity index (χ1v) is 14.5. The SMILES string of the molecule is CCCCNC(=O)[C@H](CC)N(Cc1ccc(C)cc1)C(=O)CN(c1ccc(C(C)C)cc1)S(C)(=O)=O. The van der Waals surface area contributed by atoms with E-state index in [0.717, 1.165) is 40.1 Å². The van der Waals surface area contributed by atoms with Crippen LogP contribution in [0.2, 0.25) is 0 Å². The molecule has 0 saturated heterocycles.